The number of aryl methyl sites for hydroxylation is 1. The molecule has 1 unspecified atom stereocenters. The quantitative estimate of drug-likeness (QED) is 0.912. The van der Waals surface area contributed by atoms with Crippen molar-refractivity contribution in [2.45, 2.75) is 38.6 Å². The van der Waals surface area contributed by atoms with Gasteiger partial charge < -0.3 is 9.88 Å². The third-order valence-corrected chi connectivity index (χ3v) is 4.40. The van der Waals surface area contributed by atoms with E-state index in [0.29, 0.717) is 0 Å². The summed E-state index contributed by atoms with van der Waals surface area (Å²) in [7, 11) is 0. The van der Waals surface area contributed by atoms with Gasteiger partial charge in [0.2, 0.25) is 0 Å². The minimum Gasteiger partial charge on any atom is -0.328 e. The van der Waals surface area contributed by atoms with E-state index in [9.17, 15) is 0 Å². The molecule has 1 fully saturated rings. The van der Waals surface area contributed by atoms with E-state index in [1.165, 1.54) is 24.2 Å². The first-order chi connectivity index (χ1) is 9.14. The van der Waals surface area contributed by atoms with Gasteiger partial charge in [0.05, 0.1) is 11.0 Å². The number of fused-ring (bicyclic) bond motifs is 1. The number of nitrogens with one attached hydrogen (secondary N) is 1. The molecule has 3 nitrogen and oxygen atoms in total. The van der Waals surface area contributed by atoms with Crippen LogP contribution in [0.3, 0.4) is 0 Å². The number of aromatic nitrogens is 2. The maximum absolute atomic E-state index is 6.08. The largest absolute Gasteiger partial charge is 0.328 e. The van der Waals surface area contributed by atoms with Crippen molar-refractivity contribution in [3.05, 3.63) is 29.0 Å². The number of rotatable bonds is 2. The summed E-state index contributed by atoms with van der Waals surface area (Å²) in [5, 5.41) is 4.26. The molecule has 1 aromatic heterocycles. The number of halogens is 1. The van der Waals surface area contributed by atoms with Gasteiger partial charge in [0, 0.05) is 23.5 Å². The minimum atomic E-state index is 0.125. The van der Waals surface area contributed by atoms with Crippen LogP contribution in [0.1, 0.15) is 32.5 Å². The Morgan fingerprint density at radius 2 is 2.32 bits per heavy atom. The lowest BCUT2D eigenvalue weighted by Crippen LogP contribution is -2.42. The fraction of sp³-hybridized carbons (Fsp3) is 0.533. The summed E-state index contributed by atoms with van der Waals surface area (Å²) in [6, 6.07) is 5.99. The first-order valence-corrected chi connectivity index (χ1v) is 7.39. The van der Waals surface area contributed by atoms with E-state index < -0.39 is 0 Å². The van der Waals surface area contributed by atoms with Crippen LogP contribution in [0.2, 0.25) is 5.02 Å². The highest BCUT2D eigenvalue weighted by Gasteiger charge is 2.33. The molecule has 1 aliphatic rings. The van der Waals surface area contributed by atoms with Gasteiger partial charge in [0.25, 0.3) is 0 Å². The molecular formula is C15H20ClN3. The monoisotopic (exact) mass is 277 g/mol. The Balaban J connectivity index is 2.17. The number of piperidine rings is 1. The van der Waals surface area contributed by atoms with Crippen LogP contribution in [0, 0.1) is 0 Å². The summed E-state index contributed by atoms with van der Waals surface area (Å²) in [4.78, 5) is 4.88. The zero-order chi connectivity index (χ0) is 13.5. The van der Waals surface area contributed by atoms with Gasteiger partial charge in [-0.2, -0.15) is 0 Å². The van der Waals surface area contributed by atoms with Gasteiger partial charge in [-0.15, -0.1) is 0 Å². The molecule has 2 heterocycles. The Hall–Kier alpha value is -1.06. The summed E-state index contributed by atoms with van der Waals surface area (Å²) >= 11 is 6.08. The van der Waals surface area contributed by atoms with Crippen molar-refractivity contribution in [2.24, 2.45) is 0 Å². The van der Waals surface area contributed by atoms with Gasteiger partial charge in [-0.05, 0) is 44.5 Å². The SMILES string of the molecule is CCn1c(C2(C)CCCNC2)nc2cc(Cl)ccc21. The van der Waals surface area contributed by atoms with Crippen LogP contribution in [0.25, 0.3) is 11.0 Å². The lowest BCUT2D eigenvalue weighted by molar-refractivity contribution is 0.315. The van der Waals surface area contributed by atoms with Gasteiger partial charge in [-0.1, -0.05) is 18.5 Å². The molecule has 1 aromatic carbocycles. The maximum atomic E-state index is 6.08. The minimum absolute atomic E-state index is 0.125. The molecule has 1 saturated heterocycles. The van der Waals surface area contributed by atoms with E-state index in [-0.39, 0.29) is 5.41 Å². The van der Waals surface area contributed by atoms with Crippen molar-refractivity contribution >= 4 is 22.6 Å². The van der Waals surface area contributed by atoms with Crippen LogP contribution in [0.5, 0.6) is 0 Å². The van der Waals surface area contributed by atoms with Crippen LogP contribution in [-0.2, 0) is 12.0 Å². The fourth-order valence-corrected chi connectivity index (χ4v) is 3.30. The third-order valence-electron chi connectivity index (χ3n) is 4.16. The number of benzene rings is 1. The molecule has 3 rings (SSSR count). The van der Waals surface area contributed by atoms with Crippen molar-refractivity contribution < 1.29 is 0 Å². The average Bonchev–Trinajstić information content (AvgIpc) is 2.78. The zero-order valence-electron chi connectivity index (χ0n) is 11.5. The first-order valence-electron chi connectivity index (χ1n) is 7.01. The molecule has 2 aromatic rings. The topological polar surface area (TPSA) is 29.9 Å². The summed E-state index contributed by atoms with van der Waals surface area (Å²) < 4.78 is 2.33. The van der Waals surface area contributed by atoms with E-state index in [2.05, 4.69) is 29.8 Å². The Morgan fingerprint density at radius 1 is 1.47 bits per heavy atom. The Labute approximate surface area is 119 Å². The van der Waals surface area contributed by atoms with Crippen molar-refractivity contribution in [1.29, 1.82) is 0 Å². The predicted octanol–water partition coefficient (Wildman–Crippen LogP) is 3.35. The van der Waals surface area contributed by atoms with Crippen molar-refractivity contribution in [1.82, 2.24) is 14.9 Å². The fourth-order valence-electron chi connectivity index (χ4n) is 3.13. The van der Waals surface area contributed by atoms with E-state index >= 15 is 0 Å². The lowest BCUT2D eigenvalue weighted by Gasteiger charge is -2.33. The molecule has 0 spiro atoms. The molecular weight excluding hydrogens is 258 g/mol. The summed E-state index contributed by atoms with van der Waals surface area (Å²) in [6.45, 7) is 7.56. The van der Waals surface area contributed by atoms with Crippen LogP contribution in [0.15, 0.2) is 18.2 Å². The number of hydrogen-bond acceptors (Lipinski definition) is 2. The van der Waals surface area contributed by atoms with E-state index in [0.717, 1.165) is 30.2 Å². The molecule has 0 amide bonds. The van der Waals surface area contributed by atoms with Crippen molar-refractivity contribution in [2.75, 3.05) is 13.1 Å². The van der Waals surface area contributed by atoms with Gasteiger partial charge >= 0.3 is 0 Å². The molecule has 102 valence electrons. The van der Waals surface area contributed by atoms with Gasteiger partial charge in [0.15, 0.2) is 0 Å². The highest BCUT2D eigenvalue weighted by molar-refractivity contribution is 6.31. The molecule has 1 atom stereocenters. The van der Waals surface area contributed by atoms with Crippen LogP contribution >= 0.6 is 11.6 Å². The number of nitrogens with zero attached hydrogens (tertiary/aromatic N) is 2. The summed E-state index contributed by atoms with van der Waals surface area (Å²) in [5.41, 5.74) is 2.32. The molecule has 0 aliphatic carbocycles. The van der Waals surface area contributed by atoms with E-state index in [1.54, 1.807) is 0 Å². The Morgan fingerprint density at radius 3 is 3.00 bits per heavy atom. The highest BCUT2D eigenvalue weighted by atomic mass is 35.5. The van der Waals surface area contributed by atoms with E-state index in [1.807, 2.05) is 12.1 Å². The number of hydrogen-bond donors (Lipinski definition) is 1. The summed E-state index contributed by atoms with van der Waals surface area (Å²) in [6.07, 6.45) is 2.40. The van der Waals surface area contributed by atoms with Crippen LogP contribution < -0.4 is 5.32 Å². The van der Waals surface area contributed by atoms with Crippen molar-refractivity contribution in [3.8, 4) is 0 Å². The second-order valence-electron chi connectivity index (χ2n) is 5.65. The van der Waals surface area contributed by atoms with Gasteiger partial charge in [-0.25, -0.2) is 4.98 Å². The smallest absolute Gasteiger partial charge is 0.117 e. The van der Waals surface area contributed by atoms with Crippen LogP contribution in [0.4, 0.5) is 0 Å². The normalized spacial score (nSPS) is 23.9. The Bertz CT molecular complexity index is 597. The highest BCUT2D eigenvalue weighted by Crippen LogP contribution is 2.33. The predicted molar refractivity (Wildman–Crippen MR) is 79.9 cm³/mol. The van der Waals surface area contributed by atoms with Crippen LogP contribution in [-0.4, -0.2) is 22.6 Å². The third kappa shape index (κ3) is 2.15. The van der Waals surface area contributed by atoms with E-state index in [4.69, 9.17) is 16.6 Å². The summed E-state index contributed by atoms with van der Waals surface area (Å²) in [5.74, 6) is 1.19. The molecule has 4 heteroatoms. The second-order valence-corrected chi connectivity index (χ2v) is 6.09. The van der Waals surface area contributed by atoms with Gasteiger partial charge in [0.1, 0.15) is 5.82 Å². The Kier molecular flexibility index (Phi) is 3.27. The average molecular weight is 278 g/mol. The molecule has 0 radical (unpaired) electrons. The molecule has 0 saturated carbocycles. The first kappa shape index (κ1) is 12.9. The zero-order valence-corrected chi connectivity index (χ0v) is 12.3. The molecule has 0 bridgehead atoms. The second kappa shape index (κ2) is 4.80. The standard InChI is InChI=1S/C15H20ClN3/c1-3-19-13-6-5-11(16)9-12(13)18-14(19)15(2)7-4-8-17-10-15/h5-6,9,17H,3-4,7-8,10H2,1-2H3. The van der Waals surface area contributed by atoms with Crippen molar-refractivity contribution in [3.63, 3.8) is 0 Å². The molecule has 1 aliphatic heterocycles. The maximum Gasteiger partial charge on any atom is 0.117 e. The number of imidazole rings is 1. The van der Waals surface area contributed by atoms with Gasteiger partial charge in [-0.3, -0.25) is 0 Å². The molecule has 1 N–H and O–H groups in total. The molecule has 19 heavy (non-hydrogen) atoms. The lowest BCUT2D eigenvalue weighted by atomic mass is 9.82.